The van der Waals surface area contributed by atoms with Crippen LogP contribution < -0.4 is 5.32 Å². The van der Waals surface area contributed by atoms with Crippen molar-refractivity contribution in [3.63, 3.8) is 0 Å². The van der Waals surface area contributed by atoms with Gasteiger partial charge in [-0.3, -0.25) is 14.5 Å². The second-order valence-corrected chi connectivity index (χ2v) is 7.47. The molecule has 25 heavy (non-hydrogen) atoms. The third-order valence-electron chi connectivity index (χ3n) is 5.28. The first kappa shape index (κ1) is 17.9. The quantitative estimate of drug-likeness (QED) is 0.857. The number of nitrogens with zero attached hydrogens (tertiary/aromatic N) is 2. The highest BCUT2D eigenvalue weighted by molar-refractivity contribution is 5.88. The molecule has 2 aliphatic heterocycles. The summed E-state index contributed by atoms with van der Waals surface area (Å²) in [5, 5.41) is 3.06. The van der Waals surface area contributed by atoms with E-state index in [2.05, 4.69) is 34.5 Å². The fourth-order valence-corrected chi connectivity index (χ4v) is 3.95. The Morgan fingerprint density at radius 2 is 1.92 bits per heavy atom. The minimum Gasteiger partial charge on any atom is -0.353 e. The molecule has 1 fully saturated rings. The second-order valence-electron chi connectivity index (χ2n) is 7.47. The van der Waals surface area contributed by atoms with Gasteiger partial charge in [0.25, 0.3) is 0 Å². The largest absolute Gasteiger partial charge is 0.353 e. The van der Waals surface area contributed by atoms with Crippen molar-refractivity contribution >= 4 is 11.8 Å². The Morgan fingerprint density at radius 3 is 2.60 bits per heavy atom. The van der Waals surface area contributed by atoms with Crippen LogP contribution in [0.4, 0.5) is 0 Å². The van der Waals surface area contributed by atoms with Gasteiger partial charge in [0.15, 0.2) is 0 Å². The predicted octanol–water partition coefficient (Wildman–Crippen LogP) is 1.81. The predicted molar refractivity (Wildman–Crippen MR) is 98.0 cm³/mol. The van der Waals surface area contributed by atoms with Crippen LogP contribution in [0.15, 0.2) is 24.3 Å². The van der Waals surface area contributed by atoms with Gasteiger partial charge in [0, 0.05) is 39.1 Å². The summed E-state index contributed by atoms with van der Waals surface area (Å²) in [6, 6.07) is 8.24. The van der Waals surface area contributed by atoms with E-state index < -0.39 is 0 Å². The SMILES string of the molecule is CC(C)[C@@H](C(=O)NCCN1CCc2ccccc2C1)N1CCCC1=O. The molecule has 1 atom stereocenters. The standard InChI is InChI=1S/C20H29N3O2/c1-15(2)19(23-11-5-8-18(23)24)20(25)21-10-13-22-12-9-16-6-3-4-7-17(16)14-22/h3-4,6-7,15,19H,5,8-14H2,1-2H3,(H,21,25)/t19-/m0/s1. The lowest BCUT2D eigenvalue weighted by atomic mass is 10.00. The van der Waals surface area contributed by atoms with E-state index in [-0.39, 0.29) is 23.8 Å². The molecular weight excluding hydrogens is 314 g/mol. The van der Waals surface area contributed by atoms with Gasteiger partial charge in [0.2, 0.25) is 11.8 Å². The van der Waals surface area contributed by atoms with E-state index >= 15 is 0 Å². The molecule has 2 aliphatic rings. The number of hydrogen-bond donors (Lipinski definition) is 1. The molecule has 136 valence electrons. The molecule has 0 unspecified atom stereocenters. The van der Waals surface area contributed by atoms with Crippen molar-refractivity contribution in [1.29, 1.82) is 0 Å². The van der Waals surface area contributed by atoms with Crippen LogP contribution in [0.5, 0.6) is 0 Å². The summed E-state index contributed by atoms with van der Waals surface area (Å²) in [6.07, 6.45) is 2.51. The van der Waals surface area contributed by atoms with E-state index in [1.165, 1.54) is 11.1 Å². The average Bonchev–Trinajstić information content (AvgIpc) is 3.00. The van der Waals surface area contributed by atoms with Crippen LogP contribution in [0.1, 0.15) is 37.8 Å². The zero-order valence-corrected chi connectivity index (χ0v) is 15.3. The summed E-state index contributed by atoms with van der Waals surface area (Å²) in [7, 11) is 0. The number of benzene rings is 1. The number of rotatable bonds is 6. The Morgan fingerprint density at radius 1 is 1.16 bits per heavy atom. The fraction of sp³-hybridized carbons (Fsp3) is 0.600. The Labute approximate surface area is 150 Å². The lowest BCUT2D eigenvalue weighted by Gasteiger charge is -2.31. The molecule has 1 aromatic rings. The molecule has 1 N–H and O–H groups in total. The maximum Gasteiger partial charge on any atom is 0.243 e. The highest BCUT2D eigenvalue weighted by atomic mass is 16.2. The first-order valence-corrected chi connectivity index (χ1v) is 9.42. The molecule has 0 saturated carbocycles. The number of likely N-dealkylation sites (tertiary alicyclic amines) is 1. The maximum atomic E-state index is 12.6. The number of carbonyl (C=O) groups excluding carboxylic acids is 2. The second kappa shape index (κ2) is 8.00. The van der Waals surface area contributed by atoms with Crippen molar-refractivity contribution in [2.45, 2.75) is 45.7 Å². The number of carbonyl (C=O) groups is 2. The molecule has 1 saturated heterocycles. The maximum absolute atomic E-state index is 12.6. The van der Waals surface area contributed by atoms with Gasteiger partial charge < -0.3 is 10.2 Å². The normalized spacial score (nSPS) is 19.2. The molecule has 5 nitrogen and oxygen atoms in total. The topological polar surface area (TPSA) is 52.7 Å². The third-order valence-corrected chi connectivity index (χ3v) is 5.28. The summed E-state index contributed by atoms with van der Waals surface area (Å²) < 4.78 is 0. The van der Waals surface area contributed by atoms with Gasteiger partial charge in [-0.2, -0.15) is 0 Å². The fourth-order valence-electron chi connectivity index (χ4n) is 3.95. The average molecular weight is 343 g/mol. The van der Waals surface area contributed by atoms with Gasteiger partial charge >= 0.3 is 0 Å². The monoisotopic (exact) mass is 343 g/mol. The highest BCUT2D eigenvalue weighted by Crippen LogP contribution is 2.20. The Balaban J connectivity index is 1.49. The minimum absolute atomic E-state index is 0.0114. The van der Waals surface area contributed by atoms with E-state index in [0.717, 1.165) is 32.5 Å². The van der Waals surface area contributed by atoms with E-state index in [1.54, 1.807) is 4.90 Å². The third kappa shape index (κ3) is 4.21. The molecule has 2 amide bonds. The van der Waals surface area contributed by atoms with Gasteiger partial charge in [-0.25, -0.2) is 0 Å². The van der Waals surface area contributed by atoms with E-state index in [0.29, 0.717) is 19.5 Å². The number of hydrogen-bond acceptors (Lipinski definition) is 3. The first-order chi connectivity index (χ1) is 12.1. The molecule has 0 aliphatic carbocycles. The molecule has 2 heterocycles. The van der Waals surface area contributed by atoms with Crippen molar-refractivity contribution in [1.82, 2.24) is 15.1 Å². The van der Waals surface area contributed by atoms with Gasteiger partial charge in [0.1, 0.15) is 6.04 Å². The molecule has 0 radical (unpaired) electrons. The van der Waals surface area contributed by atoms with Crippen LogP contribution in [0.3, 0.4) is 0 Å². The van der Waals surface area contributed by atoms with Gasteiger partial charge in [0.05, 0.1) is 0 Å². The summed E-state index contributed by atoms with van der Waals surface area (Å²) in [5.74, 6) is 0.230. The van der Waals surface area contributed by atoms with E-state index in [4.69, 9.17) is 0 Å². The zero-order chi connectivity index (χ0) is 17.8. The molecule has 5 heteroatoms. The summed E-state index contributed by atoms with van der Waals surface area (Å²) in [6.45, 7) is 8.19. The lowest BCUT2D eigenvalue weighted by Crippen LogP contribution is -2.51. The number of fused-ring (bicyclic) bond motifs is 1. The van der Waals surface area contributed by atoms with E-state index in [9.17, 15) is 9.59 Å². The summed E-state index contributed by atoms with van der Waals surface area (Å²) in [4.78, 5) is 28.8. The molecular formula is C20H29N3O2. The van der Waals surface area contributed by atoms with Crippen LogP contribution in [0.25, 0.3) is 0 Å². The zero-order valence-electron chi connectivity index (χ0n) is 15.3. The Kier molecular flexibility index (Phi) is 5.74. The molecule has 1 aromatic carbocycles. The minimum atomic E-state index is -0.336. The Bertz CT molecular complexity index is 629. The van der Waals surface area contributed by atoms with E-state index in [1.807, 2.05) is 13.8 Å². The Hall–Kier alpha value is -1.88. The van der Waals surface area contributed by atoms with Gasteiger partial charge in [-0.05, 0) is 29.9 Å². The van der Waals surface area contributed by atoms with Crippen molar-refractivity contribution in [2.75, 3.05) is 26.2 Å². The lowest BCUT2D eigenvalue weighted by molar-refractivity contribution is -0.139. The van der Waals surface area contributed by atoms with Crippen LogP contribution >= 0.6 is 0 Å². The highest BCUT2D eigenvalue weighted by Gasteiger charge is 2.34. The molecule has 0 bridgehead atoms. The van der Waals surface area contributed by atoms with Crippen molar-refractivity contribution in [3.05, 3.63) is 35.4 Å². The first-order valence-electron chi connectivity index (χ1n) is 9.42. The van der Waals surface area contributed by atoms with Crippen molar-refractivity contribution in [2.24, 2.45) is 5.92 Å². The summed E-state index contributed by atoms with van der Waals surface area (Å²) >= 11 is 0. The van der Waals surface area contributed by atoms with Crippen molar-refractivity contribution < 1.29 is 9.59 Å². The molecule has 0 aromatic heterocycles. The van der Waals surface area contributed by atoms with Crippen molar-refractivity contribution in [3.8, 4) is 0 Å². The van der Waals surface area contributed by atoms with Gasteiger partial charge in [-0.1, -0.05) is 38.1 Å². The van der Waals surface area contributed by atoms with Crippen LogP contribution in [-0.4, -0.2) is 53.8 Å². The van der Waals surface area contributed by atoms with Crippen LogP contribution in [0, 0.1) is 5.92 Å². The number of nitrogens with one attached hydrogen (secondary N) is 1. The molecule has 3 rings (SSSR count). The summed E-state index contributed by atoms with van der Waals surface area (Å²) in [5.41, 5.74) is 2.83. The van der Waals surface area contributed by atoms with Crippen LogP contribution in [0.2, 0.25) is 0 Å². The molecule has 0 spiro atoms. The van der Waals surface area contributed by atoms with Gasteiger partial charge in [-0.15, -0.1) is 0 Å². The number of amides is 2. The smallest absolute Gasteiger partial charge is 0.243 e. The van der Waals surface area contributed by atoms with Crippen LogP contribution in [-0.2, 0) is 22.6 Å².